The van der Waals surface area contributed by atoms with Gasteiger partial charge in [-0.15, -0.1) is 11.3 Å². The first-order chi connectivity index (χ1) is 15.6. The van der Waals surface area contributed by atoms with Gasteiger partial charge in [-0.2, -0.15) is 0 Å². The average Bonchev–Trinajstić information content (AvgIpc) is 3.37. The number of aromatic nitrogens is 1. The van der Waals surface area contributed by atoms with Gasteiger partial charge in [-0.1, -0.05) is 55.7 Å². The van der Waals surface area contributed by atoms with Gasteiger partial charge in [0.1, 0.15) is 5.01 Å². The first-order valence-corrected chi connectivity index (χ1v) is 11.8. The number of carboxylic acids is 1. The number of carbonyl (C=O) groups excluding carboxylic acids is 1. The highest BCUT2D eigenvalue weighted by atomic mass is 32.1. The predicted molar refractivity (Wildman–Crippen MR) is 128 cm³/mol. The van der Waals surface area contributed by atoms with Crippen LogP contribution in [0, 0.1) is 5.92 Å². The Kier molecular flexibility index (Phi) is 7.12. The summed E-state index contributed by atoms with van der Waals surface area (Å²) >= 11 is 1.60. The van der Waals surface area contributed by atoms with Crippen molar-refractivity contribution in [2.24, 2.45) is 5.92 Å². The Morgan fingerprint density at radius 2 is 1.88 bits per heavy atom. The molecule has 3 aromatic rings. The molecule has 6 heteroatoms. The minimum Gasteiger partial charge on any atom is -0.478 e. The highest BCUT2D eigenvalue weighted by molar-refractivity contribution is 7.13. The molecule has 32 heavy (non-hydrogen) atoms. The number of benzene rings is 2. The molecular weight excluding hydrogens is 420 g/mol. The number of carboxylic acid groups (broad SMARTS) is 1. The van der Waals surface area contributed by atoms with Crippen molar-refractivity contribution in [1.29, 1.82) is 0 Å². The normalized spacial score (nSPS) is 14.5. The maximum Gasteiger partial charge on any atom is 0.328 e. The SMILES string of the molecule is O=C(O)C=Cc1cccc(N(Cc2ccc(-c3nccs3)cc2)C(=O)C2CCCCC2)c1. The van der Waals surface area contributed by atoms with E-state index in [1.807, 2.05) is 58.8 Å². The van der Waals surface area contributed by atoms with Gasteiger partial charge in [-0.3, -0.25) is 4.79 Å². The third-order valence-corrected chi connectivity index (χ3v) is 6.62. The highest BCUT2D eigenvalue weighted by Gasteiger charge is 2.27. The molecule has 0 saturated heterocycles. The Morgan fingerprint density at radius 1 is 1.09 bits per heavy atom. The second kappa shape index (κ2) is 10.4. The molecule has 1 heterocycles. The van der Waals surface area contributed by atoms with E-state index < -0.39 is 5.97 Å². The molecule has 1 aliphatic carbocycles. The number of thiazole rings is 1. The van der Waals surface area contributed by atoms with Crippen molar-refractivity contribution in [3.63, 3.8) is 0 Å². The predicted octanol–water partition coefficient (Wildman–Crippen LogP) is 6.02. The topological polar surface area (TPSA) is 70.5 Å². The summed E-state index contributed by atoms with van der Waals surface area (Å²) < 4.78 is 0. The fourth-order valence-corrected chi connectivity index (χ4v) is 4.78. The zero-order valence-electron chi connectivity index (χ0n) is 17.8. The molecule has 1 aromatic heterocycles. The number of carbonyl (C=O) groups is 2. The molecule has 164 valence electrons. The van der Waals surface area contributed by atoms with Crippen molar-refractivity contribution in [3.05, 3.63) is 77.3 Å². The fourth-order valence-electron chi connectivity index (χ4n) is 4.13. The maximum atomic E-state index is 13.5. The van der Waals surface area contributed by atoms with Crippen LogP contribution in [0.2, 0.25) is 0 Å². The summed E-state index contributed by atoms with van der Waals surface area (Å²) in [6.07, 6.45) is 9.69. The molecule has 5 nitrogen and oxygen atoms in total. The second-order valence-corrected chi connectivity index (χ2v) is 8.95. The summed E-state index contributed by atoms with van der Waals surface area (Å²) in [4.78, 5) is 30.7. The van der Waals surface area contributed by atoms with Gasteiger partial charge >= 0.3 is 5.97 Å². The number of amides is 1. The standard InChI is InChI=1S/C26H26N2O3S/c29-24(30)14-11-19-5-4-8-23(17-19)28(26(31)22-6-2-1-3-7-22)18-20-9-12-21(13-10-20)25-27-15-16-32-25/h4-5,8-17,22H,1-3,6-7,18H2,(H,29,30). The van der Waals surface area contributed by atoms with Gasteiger partial charge in [0.25, 0.3) is 0 Å². The summed E-state index contributed by atoms with van der Waals surface area (Å²) in [5.74, 6) is -0.810. The van der Waals surface area contributed by atoms with E-state index in [0.717, 1.165) is 59.1 Å². The molecule has 1 fully saturated rings. The molecule has 1 amide bonds. The number of rotatable bonds is 7. The molecule has 0 aliphatic heterocycles. The van der Waals surface area contributed by atoms with Crippen LogP contribution in [0.5, 0.6) is 0 Å². The van der Waals surface area contributed by atoms with Crippen LogP contribution in [0.4, 0.5) is 5.69 Å². The molecule has 0 unspecified atom stereocenters. The van der Waals surface area contributed by atoms with Crippen LogP contribution in [0.25, 0.3) is 16.6 Å². The van der Waals surface area contributed by atoms with Gasteiger partial charge in [-0.05, 0) is 42.2 Å². The van der Waals surface area contributed by atoms with Crippen molar-refractivity contribution >= 4 is 35.0 Å². The van der Waals surface area contributed by atoms with Crippen LogP contribution in [0.3, 0.4) is 0 Å². The Morgan fingerprint density at radius 3 is 2.56 bits per heavy atom. The van der Waals surface area contributed by atoms with Crippen LogP contribution < -0.4 is 4.90 Å². The number of aliphatic carboxylic acids is 1. The van der Waals surface area contributed by atoms with E-state index in [-0.39, 0.29) is 11.8 Å². The van der Waals surface area contributed by atoms with Crippen LogP contribution in [-0.4, -0.2) is 22.0 Å². The number of anilines is 1. The van der Waals surface area contributed by atoms with E-state index in [0.29, 0.717) is 6.54 Å². The summed E-state index contributed by atoms with van der Waals surface area (Å²) in [5, 5.41) is 11.9. The lowest BCUT2D eigenvalue weighted by Gasteiger charge is -2.30. The molecular formula is C26H26N2O3S. The van der Waals surface area contributed by atoms with E-state index in [1.165, 1.54) is 6.42 Å². The number of hydrogen-bond donors (Lipinski definition) is 1. The van der Waals surface area contributed by atoms with Gasteiger partial charge in [0, 0.05) is 34.8 Å². The number of nitrogens with zero attached hydrogens (tertiary/aromatic N) is 2. The minimum atomic E-state index is -0.995. The van der Waals surface area contributed by atoms with Crippen molar-refractivity contribution in [1.82, 2.24) is 4.98 Å². The van der Waals surface area contributed by atoms with Crippen LogP contribution in [0.15, 0.2) is 66.2 Å². The Balaban J connectivity index is 1.61. The minimum absolute atomic E-state index is 0.0385. The fraction of sp³-hybridized carbons (Fsp3) is 0.269. The van der Waals surface area contributed by atoms with Gasteiger partial charge in [-0.25, -0.2) is 9.78 Å². The largest absolute Gasteiger partial charge is 0.478 e. The number of hydrogen-bond acceptors (Lipinski definition) is 4. The van der Waals surface area contributed by atoms with E-state index in [2.05, 4.69) is 4.98 Å². The van der Waals surface area contributed by atoms with Crippen LogP contribution >= 0.6 is 11.3 Å². The molecule has 1 aliphatic rings. The summed E-state index contributed by atoms with van der Waals surface area (Å²) in [5.41, 5.74) is 3.65. The molecule has 4 rings (SSSR count). The highest BCUT2D eigenvalue weighted by Crippen LogP contribution is 2.30. The quantitative estimate of drug-likeness (QED) is 0.451. The summed E-state index contributed by atoms with van der Waals surface area (Å²) in [6.45, 7) is 0.472. The van der Waals surface area contributed by atoms with Crippen LogP contribution in [0.1, 0.15) is 43.2 Å². The van der Waals surface area contributed by atoms with Gasteiger partial charge in [0.15, 0.2) is 0 Å². The molecule has 0 atom stereocenters. The maximum absolute atomic E-state index is 13.5. The van der Waals surface area contributed by atoms with E-state index in [4.69, 9.17) is 5.11 Å². The summed E-state index contributed by atoms with van der Waals surface area (Å²) in [7, 11) is 0. The third-order valence-electron chi connectivity index (χ3n) is 5.79. The second-order valence-electron chi connectivity index (χ2n) is 8.06. The molecule has 1 N–H and O–H groups in total. The van der Waals surface area contributed by atoms with Gasteiger partial charge in [0.2, 0.25) is 5.91 Å². The van der Waals surface area contributed by atoms with E-state index in [1.54, 1.807) is 23.6 Å². The lowest BCUT2D eigenvalue weighted by molar-refractivity contribution is -0.131. The van der Waals surface area contributed by atoms with Crippen molar-refractivity contribution < 1.29 is 14.7 Å². The van der Waals surface area contributed by atoms with Gasteiger partial charge in [0.05, 0.1) is 6.54 Å². The lowest BCUT2D eigenvalue weighted by atomic mass is 9.88. The van der Waals surface area contributed by atoms with Crippen molar-refractivity contribution in [2.75, 3.05) is 4.90 Å². The van der Waals surface area contributed by atoms with Gasteiger partial charge < -0.3 is 10.0 Å². The first kappa shape index (κ1) is 22.0. The Labute approximate surface area is 192 Å². The third kappa shape index (κ3) is 5.51. The average molecular weight is 447 g/mol. The molecule has 2 aromatic carbocycles. The van der Waals surface area contributed by atoms with Crippen LogP contribution in [-0.2, 0) is 16.1 Å². The zero-order valence-corrected chi connectivity index (χ0v) is 18.6. The Bertz CT molecular complexity index is 1080. The van der Waals surface area contributed by atoms with E-state index in [9.17, 15) is 9.59 Å². The first-order valence-electron chi connectivity index (χ1n) is 10.9. The van der Waals surface area contributed by atoms with Crippen molar-refractivity contribution in [2.45, 2.75) is 38.6 Å². The van der Waals surface area contributed by atoms with E-state index >= 15 is 0 Å². The molecule has 0 spiro atoms. The zero-order chi connectivity index (χ0) is 22.3. The smallest absolute Gasteiger partial charge is 0.328 e. The molecule has 0 bridgehead atoms. The molecule has 0 radical (unpaired) electrons. The lowest BCUT2D eigenvalue weighted by Crippen LogP contribution is -2.36. The summed E-state index contributed by atoms with van der Waals surface area (Å²) in [6, 6.07) is 15.7. The monoisotopic (exact) mass is 446 g/mol. The Hall–Kier alpha value is -3.25. The molecule has 1 saturated carbocycles. The van der Waals surface area contributed by atoms with Crippen molar-refractivity contribution in [3.8, 4) is 10.6 Å².